The summed E-state index contributed by atoms with van der Waals surface area (Å²) < 4.78 is 12.3. The first-order valence-electron chi connectivity index (χ1n) is 17.8. The van der Waals surface area contributed by atoms with Crippen LogP contribution in [-0.4, -0.2) is 31.9 Å². The molecule has 8 aromatic rings. The van der Waals surface area contributed by atoms with E-state index < -0.39 is 31.9 Å². The van der Waals surface area contributed by atoms with E-state index in [4.69, 9.17) is 0 Å². The molecule has 0 amide bonds. The fourth-order valence-corrected chi connectivity index (χ4v) is 188. The Hall–Kier alpha value is -4.61. The molecular weight excluding hydrogens is 794 g/mol. The number of rotatable bonds is 10. The fraction of sp³-hybridized carbons (Fsp3) is 0. The van der Waals surface area contributed by atoms with Crippen molar-refractivity contribution in [2.75, 3.05) is 0 Å². The van der Waals surface area contributed by atoms with E-state index >= 15 is 0 Å². The Labute approximate surface area is 307 Å². The standard InChI is InChI=1S/C48H40Ge3/c1-9-25-41(26-10-1)49(42-27-11-2-12-28-42,43-29-13-3-14-30-43)51(47-37-21-7-22-38-47,48-39-23-8-24-40-48)50(44-31-15-4-16-32-44,45-33-17-5-18-34-45)46-35-19-6-20-36-46/h1-40H. The average Bonchev–Trinajstić information content (AvgIpc) is 3.24. The van der Waals surface area contributed by atoms with E-state index in [-0.39, 0.29) is 0 Å². The molecule has 3 heteroatoms. The van der Waals surface area contributed by atoms with E-state index in [1.807, 2.05) is 0 Å². The van der Waals surface area contributed by atoms with Crippen molar-refractivity contribution in [3.63, 3.8) is 0 Å². The van der Waals surface area contributed by atoms with Crippen LogP contribution in [0.5, 0.6) is 0 Å². The molecule has 0 radical (unpaired) electrons. The normalized spacial score (nSPS) is 11.9. The zero-order chi connectivity index (χ0) is 34.4. The Kier molecular flexibility index (Phi) is 9.82. The van der Waals surface area contributed by atoms with Crippen molar-refractivity contribution in [2.24, 2.45) is 0 Å². The summed E-state index contributed by atoms with van der Waals surface area (Å²) in [6.07, 6.45) is 0. The van der Waals surface area contributed by atoms with Crippen molar-refractivity contribution in [1.82, 2.24) is 0 Å². The van der Waals surface area contributed by atoms with Gasteiger partial charge in [0.2, 0.25) is 0 Å². The molecule has 0 aliphatic rings. The van der Waals surface area contributed by atoms with Gasteiger partial charge in [-0.1, -0.05) is 0 Å². The third-order valence-corrected chi connectivity index (χ3v) is 134. The summed E-state index contributed by atoms with van der Waals surface area (Å²) in [6.45, 7) is 0. The quantitative estimate of drug-likeness (QED) is 0.154. The van der Waals surface area contributed by atoms with Gasteiger partial charge in [-0.25, -0.2) is 0 Å². The van der Waals surface area contributed by atoms with Crippen LogP contribution in [0.25, 0.3) is 0 Å². The molecule has 0 bridgehead atoms. The van der Waals surface area contributed by atoms with Gasteiger partial charge in [-0.05, 0) is 0 Å². The minimum atomic E-state index is -4.12. The summed E-state index contributed by atoms with van der Waals surface area (Å²) in [7, 11) is -4.12. The Bertz CT molecular complexity index is 1900. The number of benzene rings is 8. The summed E-state index contributed by atoms with van der Waals surface area (Å²) in [4.78, 5) is 0. The van der Waals surface area contributed by atoms with Crippen molar-refractivity contribution in [1.29, 1.82) is 0 Å². The Morgan fingerprint density at radius 3 is 0.451 bits per heavy atom. The second-order valence-electron chi connectivity index (χ2n) is 13.2. The molecule has 0 atom stereocenters. The molecule has 0 aliphatic carbocycles. The van der Waals surface area contributed by atoms with Crippen LogP contribution < -0.4 is 35.2 Å². The Balaban J connectivity index is 1.79. The zero-order valence-corrected chi connectivity index (χ0v) is 34.9. The molecule has 8 rings (SSSR count). The molecule has 0 unspecified atom stereocenters. The SMILES string of the molecule is c1cc[c]([Ge]([c]2ccccc2)([c]2ccccc2)[Ge]([c]2ccccc2)([c]2ccccc2)[Ge]([c]2ccccc2)([c]2ccccc2)[c]2ccccc2)cc1. The van der Waals surface area contributed by atoms with Crippen molar-refractivity contribution >= 4 is 67.1 Å². The summed E-state index contributed by atoms with van der Waals surface area (Å²) in [5, 5.41) is 0. The van der Waals surface area contributed by atoms with Gasteiger partial charge in [-0.2, -0.15) is 0 Å². The van der Waals surface area contributed by atoms with Crippen LogP contribution in [0.15, 0.2) is 243 Å². The predicted molar refractivity (Wildman–Crippen MR) is 226 cm³/mol. The zero-order valence-electron chi connectivity index (χ0n) is 28.6. The van der Waals surface area contributed by atoms with Crippen molar-refractivity contribution in [3.05, 3.63) is 243 Å². The maximum absolute atomic E-state index is 4.12. The van der Waals surface area contributed by atoms with Gasteiger partial charge < -0.3 is 0 Å². The molecule has 0 spiro atoms. The third kappa shape index (κ3) is 5.43. The molecule has 0 fully saturated rings. The first-order valence-corrected chi connectivity index (χ1v) is 39.2. The molecule has 0 aromatic heterocycles. The Morgan fingerprint density at radius 1 is 0.157 bits per heavy atom. The molecule has 0 aliphatic heterocycles. The first-order chi connectivity index (χ1) is 25.3. The monoisotopic (exact) mass is 838 g/mol. The van der Waals surface area contributed by atoms with E-state index in [2.05, 4.69) is 243 Å². The van der Waals surface area contributed by atoms with Crippen LogP contribution in [0.4, 0.5) is 0 Å². The molecule has 244 valence electrons. The van der Waals surface area contributed by atoms with Crippen LogP contribution in [0.3, 0.4) is 0 Å². The van der Waals surface area contributed by atoms with Gasteiger partial charge in [0.1, 0.15) is 0 Å². The Morgan fingerprint density at radius 2 is 0.294 bits per heavy atom. The molecule has 0 saturated carbocycles. The molecular formula is C48H40Ge3. The van der Waals surface area contributed by atoms with Crippen molar-refractivity contribution in [3.8, 4) is 0 Å². The van der Waals surface area contributed by atoms with Gasteiger partial charge in [-0.15, -0.1) is 0 Å². The van der Waals surface area contributed by atoms with Crippen molar-refractivity contribution < 1.29 is 0 Å². The molecule has 0 saturated heterocycles. The molecule has 8 aromatic carbocycles. The molecule has 51 heavy (non-hydrogen) atoms. The van der Waals surface area contributed by atoms with Crippen LogP contribution in [-0.2, 0) is 0 Å². The van der Waals surface area contributed by atoms with E-state index in [1.54, 1.807) is 8.79 Å². The number of hydrogen-bond acceptors (Lipinski definition) is 0. The fourth-order valence-electron chi connectivity index (χ4n) is 9.12. The van der Waals surface area contributed by atoms with Crippen LogP contribution in [0.1, 0.15) is 0 Å². The van der Waals surface area contributed by atoms with Gasteiger partial charge in [-0.3, -0.25) is 0 Å². The molecule has 0 heterocycles. The van der Waals surface area contributed by atoms with E-state index in [9.17, 15) is 0 Å². The van der Waals surface area contributed by atoms with E-state index in [1.165, 1.54) is 26.4 Å². The summed E-state index contributed by atoms with van der Waals surface area (Å²) in [5.41, 5.74) is 0. The maximum atomic E-state index is 2.54. The van der Waals surface area contributed by atoms with Gasteiger partial charge >= 0.3 is 310 Å². The van der Waals surface area contributed by atoms with Crippen LogP contribution in [0.2, 0.25) is 0 Å². The summed E-state index contributed by atoms with van der Waals surface area (Å²) in [6, 6.07) is 94.6. The second kappa shape index (κ2) is 14.9. The second-order valence-corrected chi connectivity index (χ2v) is 76.5. The summed E-state index contributed by atoms with van der Waals surface area (Å²) in [5.74, 6) is 0. The topological polar surface area (TPSA) is 0 Å². The van der Waals surface area contributed by atoms with E-state index in [0.717, 1.165) is 0 Å². The van der Waals surface area contributed by atoms with Crippen LogP contribution in [0, 0.1) is 0 Å². The average molecular weight is 835 g/mol. The van der Waals surface area contributed by atoms with Gasteiger partial charge in [0.25, 0.3) is 0 Å². The number of hydrogen-bond donors (Lipinski definition) is 0. The minimum absolute atomic E-state index is 1.53. The molecule has 0 nitrogen and oxygen atoms in total. The van der Waals surface area contributed by atoms with Crippen molar-refractivity contribution in [2.45, 2.75) is 0 Å². The third-order valence-electron chi connectivity index (χ3n) is 10.8. The van der Waals surface area contributed by atoms with Gasteiger partial charge in [0.15, 0.2) is 0 Å². The van der Waals surface area contributed by atoms with Gasteiger partial charge in [0.05, 0.1) is 0 Å². The summed E-state index contributed by atoms with van der Waals surface area (Å²) >= 11 is -7.99. The molecule has 0 N–H and O–H groups in total. The van der Waals surface area contributed by atoms with Gasteiger partial charge in [0, 0.05) is 0 Å². The van der Waals surface area contributed by atoms with E-state index in [0.29, 0.717) is 0 Å². The predicted octanol–water partition coefficient (Wildman–Crippen LogP) is 5.75. The van der Waals surface area contributed by atoms with Crippen LogP contribution >= 0.6 is 0 Å². The first kappa shape index (κ1) is 33.5.